The number of hydrogen-bond donors (Lipinski definition) is 2. The molecule has 0 saturated heterocycles. The Morgan fingerprint density at radius 1 is 1.10 bits per heavy atom. The average Bonchev–Trinajstić information content (AvgIpc) is 3.24. The molecule has 0 unspecified atom stereocenters. The van der Waals surface area contributed by atoms with Crippen LogP contribution in [0.1, 0.15) is 33.6 Å². The number of fused-ring (bicyclic) bond motifs is 1. The van der Waals surface area contributed by atoms with E-state index < -0.39 is 0 Å². The molecule has 3 N–H and O–H groups in total. The SMILES string of the molecule is Cc1cc(C)c(-c2csc(NC(=O)Cc3c(C)nc4nc(N)nn4c3C)n2)c(C)c1. The van der Waals surface area contributed by atoms with Crippen molar-refractivity contribution in [2.45, 2.75) is 41.0 Å². The first-order valence-corrected chi connectivity index (χ1v) is 10.4. The van der Waals surface area contributed by atoms with Crippen molar-refractivity contribution in [3.63, 3.8) is 0 Å². The highest BCUT2D eigenvalue weighted by Gasteiger charge is 2.17. The number of anilines is 2. The molecule has 1 aromatic carbocycles. The van der Waals surface area contributed by atoms with Crippen LogP contribution in [0.15, 0.2) is 17.5 Å². The second-order valence-corrected chi connectivity index (χ2v) is 8.34. The van der Waals surface area contributed by atoms with E-state index in [0.717, 1.165) is 28.2 Å². The zero-order chi connectivity index (χ0) is 21.6. The van der Waals surface area contributed by atoms with Crippen molar-refractivity contribution < 1.29 is 4.79 Å². The summed E-state index contributed by atoms with van der Waals surface area (Å²) in [6, 6.07) is 4.29. The molecule has 154 valence electrons. The number of carbonyl (C=O) groups is 1. The van der Waals surface area contributed by atoms with Crippen molar-refractivity contribution in [2.75, 3.05) is 11.1 Å². The first-order chi connectivity index (χ1) is 14.2. The minimum absolute atomic E-state index is 0.156. The number of nitrogens with one attached hydrogen (secondary N) is 1. The second-order valence-electron chi connectivity index (χ2n) is 7.48. The molecule has 4 rings (SSSR count). The number of nitrogen functional groups attached to an aromatic ring is 1. The minimum Gasteiger partial charge on any atom is -0.366 e. The molecule has 0 atom stereocenters. The Morgan fingerprint density at radius 3 is 2.50 bits per heavy atom. The summed E-state index contributed by atoms with van der Waals surface area (Å²) in [4.78, 5) is 25.8. The lowest BCUT2D eigenvalue weighted by molar-refractivity contribution is -0.115. The van der Waals surface area contributed by atoms with E-state index in [2.05, 4.69) is 58.3 Å². The zero-order valence-corrected chi connectivity index (χ0v) is 18.4. The van der Waals surface area contributed by atoms with Crippen LogP contribution < -0.4 is 11.1 Å². The van der Waals surface area contributed by atoms with Gasteiger partial charge in [0.2, 0.25) is 11.9 Å². The van der Waals surface area contributed by atoms with Gasteiger partial charge in [0.15, 0.2) is 5.13 Å². The van der Waals surface area contributed by atoms with Gasteiger partial charge in [0, 0.05) is 27.9 Å². The van der Waals surface area contributed by atoms with Gasteiger partial charge in [-0.2, -0.15) is 9.50 Å². The van der Waals surface area contributed by atoms with Gasteiger partial charge in [-0.05, 0) is 45.7 Å². The Hall–Kier alpha value is -3.33. The minimum atomic E-state index is -0.159. The van der Waals surface area contributed by atoms with E-state index in [9.17, 15) is 4.79 Å². The van der Waals surface area contributed by atoms with Crippen LogP contribution in [-0.2, 0) is 11.2 Å². The molecular weight excluding hydrogens is 398 g/mol. The largest absolute Gasteiger partial charge is 0.366 e. The monoisotopic (exact) mass is 421 g/mol. The van der Waals surface area contributed by atoms with Gasteiger partial charge in [-0.25, -0.2) is 9.97 Å². The molecule has 0 bridgehead atoms. The molecule has 3 aromatic heterocycles. The fourth-order valence-electron chi connectivity index (χ4n) is 3.83. The van der Waals surface area contributed by atoms with Crippen molar-refractivity contribution in [2.24, 2.45) is 0 Å². The highest BCUT2D eigenvalue weighted by molar-refractivity contribution is 7.14. The maximum atomic E-state index is 12.7. The number of benzene rings is 1. The molecule has 0 aliphatic carbocycles. The van der Waals surface area contributed by atoms with E-state index in [-0.39, 0.29) is 18.3 Å². The highest BCUT2D eigenvalue weighted by atomic mass is 32.1. The van der Waals surface area contributed by atoms with E-state index in [0.29, 0.717) is 10.9 Å². The molecule has 4 aromatic rings. The molecule has 0 spiro atoms. The van der Waals surface area contributed by atoms with Crippen molar-refractivity contribution in [3.05, 3.63) is 51.2 Å². The Morgan fingerprint density at radius 2 is 1.80 bits per heavy atom. The fourth-order valence-corrected chi connectivity index (χ4v) is 4.55. The predicted octanol–water partition coefficient (Wildman–Crippen LogP) is 3.55. The van der Waals surface area contributed by atoms with Gasteiger partial charge in [0.05, 0.1) is 12.1 Å². The molecule has 3 heterocycles. The third kappa shape index (κ3) is 3.63. The third-order valence-electron chi connectivity index (χ3n) is 5.09. The number of rotatable bonds is 4. The first kappa shape index (κ1) is 20.0. The van der Waals surface area contributed by atoms with Crippen LogP contribution in [0.4, 0.5) is 11.1 Å². The number of nitrogens with two attached hydrogens (primary N) is 1. The quantitative estimate of drug-likeness (QED) is 0.521. The predicted molar refractivity (Wildman–Crippen MR) is 119 cm³/mol. The second kappa shape index (κ2) is 7.49. The van der Waals surface area contributed by atoms with Crippen molar-refractivity contribution >= 4 is 34.1 Å². The van der Waals surface area contributed by atoms with Gasteiger partial charge in [0.25, 0.3) is 5.78 Å². The lowest BCUT2D eigenvalue weighted by atomic mass is 9.98. The summed E-state index contributed by atoms with van der Waals surface area (Å²) in [5.41, 5.74) is 13.6. The van der Waals surface area contributed by atoms with Crippen LogP contribution in [0.3, 0.4) is 0 Å². The van der Waals surface area contributed by atoms with Gasteiger partial charge < -0.3 is 11.1 Å². The number of amides is 1. The van der Waals surface area contributed by atoms with E-state index in [1.807, 2.05) is 19.2 Å². The molecular formula is C21H23N7OS. The van der Waals surface area contributed by atoms with Crippen molar-refractivity contribution in [3.8, 4) is 11.3 Å². The summed E-state index contributed by atoms with van der Waals surface area (Å²) in [5, 5.41) is 9.60. The number of hydrogen-bond acceptors (Lipinski definition) is 7. The lowest BCUT2D eigenvalue weighted by Gasteiger charge is -2.10. The maximum absolute atomic E-state index is 12.7. The van der Waals surface area contributed by atoms with Crippen molar-refractivity contribution in [1.29, 1.82) is 0 Å². The molecule has 0 saturated carbocycles. The van der Waals surface area contributed by atoms with Gasteiger partial charge >= 0.3 is 0 Å². The Kier molecular flexibility index (Phi) is 4.98. The smallest absolute Gasteiger partial charge is 0.254 e. The number of aromatic nitrogens is 5. The van der Waals surface area contributed by atoms with Gasteiger partial charge in [-0.15, -0.1) is 16.4 Å². The van der Waals surface area contributed by atoms with Crippen LogP contribution in [0.5, 0.6) is 0 Å². The number of nitrogens with zero attached hydrogens (tertiary/aromatic N) is 5. The van der Waals surface area contributed by atoms with Crippen LogP contribution in [0.25, 0.3) is 17.0 Å². The summed E-state index contributed by atoms with van der Waals surface area (Å²) in [5.74, 6) is 0.428. The Labute approximate surface area is 178 Å². The topological polar surface area (TPSA) is 111 Å². The molecule has 1 amide bonds. The summed E-state index contributed by atoms with van der Waals surface area (Å²) in [6.45, 7) is 9.98. The average molecular weight is 422 g/mol. The standard InChI is InChI=1S/C21H23N7OS/c1-10-6-11(2)18(12(3)7-10)16-9-30-21(24-16)25-17(29)8-15-13(4)23-20-26-19(22)27-28(20)14(15)5/h6-7,9H,8H2,1-5H3,(H2,22,27)(H,24,25,29). The zero-order valence-electron chi connectivity index (χ0n) is 17.6. The van der Waals surface area contributed by atoms with Crippen LogP contribution in [0, 0.1) is 34.6 Å². The Balaban J connectivity index is 1.56. The highest BCUT2D eigenvalue weighted by Crippen LogP contribution is 2.31. The lowest BCUT2D eigenvalue weighted by Crippen LogP contribution is -2.17. The van der Waals surface area contributed by atoms with Gasteiger partial charge in [-0.3, -0.25) is 4.79 Å². The van der Waals surface area contributed by atoms with Crippen molar-refractivity contribution in [1.82, 2.24) is 24.6 Å². The van der Waals surface area contributed by atoms with Gasteiger partial charge in [0.1, 0.15) is 0 Å². The summed E-state index contributed by atoms with van der Waals surface area (Å²) >= 11 is 1.42. The third-order valence-corrected chi connectivity index (χ3v) is 5.84. The molecule has 0 fully saturated rings. The summed E-state index contributed by atoms with van der Waals surface area (Å²) in [7, 11) is 0. The van der Waals surface area contributed by atoms with E-state index >= 15 is 0 Å². The van der Waals surface area contributed by atoms with Crippen LogP contribution in [-0.4, -0.2) is 30.5 Å². The van der Waals surface area contributed by atoms with Crippen LogP contribution in [0.2, 0.25) is 0 Å². The Bertz CT molecular complexity index is 1270. The van der Waals surface area contributed by atoms with E-state index in [4.69, 9.17) is 5.73 Å². The fraction of sp³-hybridized carbons (Fsp3) is 0.286. The summed E-state index contributed by atoms with van der Waals surface area (Å²) < 4.78 is 1.56. The number of aryl methyl sites for hydroxylation is 5. The number of carbonyl (C=O) groups excluding carboxylic acids is 1. The van der Waals surface area contributed by atoms with E-state index in [1.54, 1.807) is 4.52 Å². The molecule has 0 aliphatic heterocycles. The maximum Gasteiger partial charge on any atom is 0.254 e. The van der Waals surface area contributed by atoms with Crippen LogP contribution >= 0.6 is 11.3 Å². The summed E-state index contributed by atoms with van der Waals surface area (Å²) in [6.07, 6.45) is 0.165. The number of thiazole rings is 1. The normalized spacial score (nSPS) is 11.2. The molecule has 9 heteroatoms. The van der Waals surface area contributed by atoms with E-state index in [1.165, 1.54) is 28.0 Å². The molecule has 0 aliphatic rings. The molecule has 30 heavy (non-hydrogen) atoms. The molecule has 8 nitrogen and oxygen atoms in total. The van der Waals surface area contributed by atoms with Gasteiger partial charge in [-0.1, -0.05) is 17.7 Å². The first-order valence-electron chi connectivity index (χ1n) is 9.55. The molecule has 0 radical (unpaired) electrons.